The molecule has 1 saturated heterocycles. The molecule has 6 heteroatoms. The zero-order chi connectivity index (χ0) is 19.8. The first kappa shape index (κ1) is 18.7. The summed E-state index contributed by atoms with van der Waals surface area (Å²) in [5.74, 6) is 0. The quantitative estimate of drug-likeness (QED) is 0.854. The predicted molar refractivity (Wildman–Crippen MR) is 106 cm³/mol. The summed E-state index contributed by atoms with van der Waals surface area (Å²) in [6, 6.07) is 13.2. The summed E-state index contributed by atoms with van der Waals surface area (Å²) >= 11 is 0. The largest absolute Gasteiger partial charge is 0.465 e. The fourth-order valence-electron chi connectivity index (χ4n) is 4.99. The number of likely N-dealkylation sites (tertiary alicyclic amines) is 1. The van der Waals surface area contributed by atoms with Gasteiger partial charge in [-0.15, -0.1) is 0 Å². The van der Waals surface area contributed by atoms with Gasteiger partial charge in [-0.2, -0.15) is 0 Å². The number of pyridine rings is 1. The van der Waals surface area contributed by atoms with Gasteiger partial charge in [0.05, 0.1) is 12.1 Å². The van der Waals surface area contributed by atoms with E-state index in [1.54, 1.807) is 16.8 Å². The van der Waals surface area contributed by atoms with Crippen molar-refractivity contribution in [1.82, 2.24) is 9.47 Å². The maximum atomic E-state index is 12.8. The van der Waals surface area contributed by atoms with Crippen LogP contribution in [-0.2, 0) is 6.54 Å². The molecule has 2 fully saturated rings. The molecule has 2 aliphatic rings. The Bertz CT molecular complexity index is 918. The zero-order valence-corrected chi connectivity index (χ0v) is 15.9. The predicted octanol–water partition coefficient (Wildman–Crippen LogP) is 3.19. The molecule has 0 bridgehead atoms. The number of aliphatic hydroxyl groups is 1. The van der Waals surface area contributed by atoms with E-state index in [0.29, 0.717) is 19.5 Å². The third-order valence-electron chi connectivity index (χ3n) is 6.64. The van der Waals surface area contributed by atoms with Crippen molar-refractivity contribution in [3.63, 3.8) is 0 Å². The summed E-state index contributed by atoms with van der Waals surface area (Å²) in [6.45, 7) is 0.842. The lowest BCUT2D eigenvalue weighted by atomic mass is 9.66. The monoisotopic (exact) mass is 382 g/mol. The average Bonchev–Trinajstić information content (AvgIpc) is 3.16. The highest BCUT2D eigenvalue weighted by Gasteiger charge is 2.55. The van der Waals surface area contributed by atoms with E-state index in [1.165, 1.54) is 4.90 Å². The summed E-state index contributed by atoms with van der Waals surface area (Å²) in [7, 11) is 0. The van der Waals surface area contributed by atoms with Gasteiger partial charge in [0.15, 0.2) is 0 Å². The van der Waals surface area contributed by atoms with E-state index >= 15 is 0 Å². The van der Waals surface area contributed by atoms with Crippen LogP contribution in [0.5, 0.6) is 0 Å². The van der Waals surface area contributed by atoms with Gasteiger partial charge >= 0.3 is 6.09 Å². The second-order valence-corrected chi connectivity index (χ2v) is 8.22. The number of hydrogen-bond donors (Lipinski definition) is 2. The van der Waals surface area contributed by atoms with Gasteiger partial charge in [-0.05, 0) is 36.5 Å². The molecule has 1 aromatic carbocycles. The van der Waals surface area contributed by atoms with Crippen molar-refractivity contribution in [2.75, 3.05) is 13.1 Å². The maximum Gasteiger partial charge on any atom is 0.407 e. The molecule has 1 aromatic heterocycles. The molecule has 0 radical (unpaired) electrons. The minimum absolute atomic E-state index is 0.149. The summed E-state index contributed by atoms with van der Waals surface area (Å²) in [5.41, 5.74) is 0.135. The van der Waals surface area contributed by atoms with Crippen molar-refractivity contribution in [2.24, 2.45) is 5.41 Å². The Morgan fingerprint density at radius 3 is 2.39 bits per heavy atom. The van der Waals surface area contributed by atoms with Gasteiger partial charge in [-0.25, -0.2) is 4.79 Å². The highest BCUT2D eigenvalue weighted by atomic mass is 16.4. The van der Waals surface area contributed by atoms with Crippen LogP contribution in [0, 0.1) is 5.41 Å². The van der Waals surface area contributed by atoms with Crippen molar-refractivity contribution >= 4 is 6.09 Å². The number of carbonyl (C=O) groups is 1. The van der Waals surface area contributed by atoms with Crippen LogP contribution in [0.4, 0.5) is 4.79 Å². The van der Waals surface area contributed by atoms with Crippen LogP contribution in [0.1, 0.15) is 32.1 Å². The maximum absolute atomic E-state index is 12.8. The topological polar surface area (TPSA) is 82.8 Å². The van der Waals surface area contributed by atoms with Crippen molar-refractivity contribution < 1.29 is 15.0 Å². The van der Waals surface area contributed by atoms with Crippen molar-refractivity contribution in [2.45, 2.75) is 44.2 Å². The molecule has 1 saturated carbocycles. The normalized spacial score (nSPS) is 23.8. The van der Waals surface area contributed by atoms with Gasteiger partial charge in [0.1, 0.15) is 0 Å². The number of amides is 1. The molecule has 1 amide bonds. The Kier molecular flexibility index (Phi) is 4.75. The highest BCUT2D eigenvalue weighted by molar-refractivity contribution is 5.65. The summed E-state index contributed by atoms with van der Waals surface area (Å²) in [4.78, 5) is 25.6. The molecule has 1 aliphatic carbocycles. The average molecular weight is 382 g/mol. The fourth-order valence-corrected chi connectivity index (χ4v) is 4.99. The molecule has 4 rings (SSSR count). The first-order valence-corrected chi connectivity index (χ1v) is 9.89. The molecular weight excluding hydrogens is 356 g/mol. The third kappa shape index (κ3) is 3.22. The van der Waals surface area contributed by atoms with Gasteiger partial charge in [-0.3, -0.25) is 4.79 Å². The number of carboxylic acid groups (broad SMARTS) is 1. The number of aromatic nitrogens is 1. The molecule has 148 valence electrons. The molecule has 1 spiro atoms. The number of piperidine rings is 1. The zero-order valence-electron chi connectivity index (χ0n) is 15.9. The Labute approximate surface area is 164 Å². The summed E-state index contributed by atoms with van der Waals surface area (Å²) in [6.07, 6.45) is 4.72. The Morgan fingerprint density at radius 2 is 1.75 bits per heavy atom. The van der Waals surface area contributed by atoms with Gasteiger partial charge in [0.2, 0.25) is 0 Å². The number of hydrogen-bond acceptors (Lipinski definition) is 3. The van der Waals surface area contributed by atoms with Crippen LogP contribution in [0.2, 0.25) is 0 Å². The number of nitrogens with zero attached hydrogens (tertiary/aromatic N) is 2. The van der Waals surface area contributed by atoms with Crippen molar-refractivity contribution in [3.8, 4) is 11.1 Å². The van der Waals surface area contributed by atoms with E-state index in [9.17, 15) is 19.8 Å². The van der Waals surface area contributed by atoms with Crippen molar-refractivity contribution in [3.05, 3.63) is 59.0 Å². The van der Waals surface area contributed by atoms with Crippen LogP contribution in [-0.4, -0.2) is 44.5 Å². The lowest BCUT2D eigenvalue weighted by Crippen LogP contribution is -2.62. The standard InChI is InChI=1S/C22H26N2O4/c25-19-14-18(17-6-2-1-3-7-17)8-12-23(19)16-22(28)11-13-24(20(26)27)15-21(22)9-4-5-10-21/h1-3,6-8,12,14,28H,4-5,9-11,13,15-16H2,(H,26,27)/t22-/m1/s1. The summed E-state index contributed by atoms with van der Waals surface area (Å²) in [5, 5.41) is 21.0. The Hall–Kier alpha value is -2.60. The number of benzene rings is 1. The van der Waals surface area contributed by atoms with E-state index in [4.69, 9.17) is 0 Å². The second kappa shape index (κ2) is 7.09. The molecule has 28 heavy (non-hydrogen) atoms. The molecule has 1 aliphatic heterocycles. The SMILES string of the molecule is O=C(O)N1CC[C@@](O)(Cn2ccc(-c3ccccc3)cc2=O)C2(CCCC2)C1. The van der Waals surface area contributed by atoms with Crippen LogP contribution < -0.4 is 5.56 Å². The van der Waals surface area contributed by atoms with Gasteiger partial charge < -0.3 is 19.7 Å². The van der Waals surface area contributed by atoms with Crippen molar-refractivity contribution in [1.29, 1.82) is 0 Å². The molecule has 2 heterocycles. The van der Waals surface area contributed by atoms with E-state index in [2.05, 4.69) is 0 Å². The van der Waals surface area contributed by atoms with Gasteiger partial charge in [0.25, 0.3) is 5.56 Å². The Balaban J connectivity index is 1.62. The minimum Gasteiger partial charge on any atom is -0.465 e. The molecule has 6 nitrogen and oxygen atoms in total. The highest BCUT2D eigenvalue weighted by Crippen LogP contribution is 2.51. The number of rotatable bonds is 3. The van der Waals surface area contributed by atoms with Gasteiger partial charge in [-0.1, -0.05) is 43.2 Å². The fraction of sp³-hybridized carbons (Fsp3) is 0.455. The van der Waals surface area contributed by atoms with Crippen LogP contribution in [0.25, 0.3) is 11.1 Å². The summed E-state index contributed by atoms with van der Waals surface area (Å²) < 4.78 is 1.57. The minimum atomic E-state index is -1.08. The molecule has 0 unspecified atom stereocenters. The molecule has 2 N–H and O–H groups in total. The van der Waals surface area contributed by atoms with E-state index in [-0.39, 0.29) is 12.1 Å². The van der Waals surface area contributed by atoms with E-state index in [1.807, 2.05) is 36.4 Å². The lowest BCUT2D eigenvalue weighted by Gasteiger charge is -2.51. The van der Waals surface area contributed by atoms with E-state index in [0.717, 1.165) is 36.8 Å². The lowest BCUT2D eigenvalue weighted by molar-refractivity contribution is -0.137. The second-order valence-electron chi connectivity index (χ2n) is 8.22. The van der Waals surface area contributed by atoms with E-state index < -0.39 is 17.1 Å². The first-order valence-electron chi connectivity index (χ1n) is 9.89. The van der Waals surface area contributed by atoms with Gasteiger partial charge in [0, 0.05) is 30.8 Å². The Morgan fingerprint density at radius 1 is 1.04 bits per heavy atom. The van der Waals surface area contributed by atoms with Crippen LogP contribution >= 0.6 is 0 Å². The smallest absolute Gasteiger partial charge is 0.407 e. The third-order valence-corrected chi connectivity index (χ3v) is 6.64. The first-order chi connectivity index (χ1) is 13.4. The molecular formula is C22H26N2O4. The van der Waals surface area contributed by atoms with Crippen LogP contribution in [0.3, 0.4) is 0 Å². The molecule has 2 aromatic rings. The molecule has 1 atom stereocenters. The van der Waals surface area contributed by atoms with Crippen LogP contribution in [0.15, 0.2) is 53.5 Å².